The first kappa shape index (κ1) is 21.1. The molecule has 0 bridgehead atoms. The van der Waals surface area contributed by atoms with E-state index in [0.717, 1.165) is 5.56 Å². The van der Waals surface area contributed by atoms with Crippen LogP contribution in [0.3, 0.4) is 0 Å². The van der Waals surface area contributed by atoms with E-state index in [0.29, 0.717) is 23.4 Å². The Kier molecular flexibility index (Phi) is 7.43. The smallest absolute Gasteiger partial charge is 0.309 e. The van der Waals surface area contributed by atoms with E-state index in [2.05, 4.69) is 20.7 Å². The average Bonchev–Trinajstić information content (AvgIpc) is 2.57. The second-order valence-corrected chi connectivity index (χ2v) is 9.90. The minimum absolute atomic E-state index is 0.131. The van der Waals surface area contributed by atoms with Crippen molar-refractivity contribution in [1.82, 2.24) is 0 Å². The standard InChI is InChI=1S/C17H21BrNO5PS/c1-3-23-25(20,24-4-2)13-14-9-11-15(12-10-14)19-26(21,22)17-8-6-5-7-16(17)18/h5-12,19H,3-4,13H2,1-2H3. The first-order valence-corrected chi connectivity index (χ1v) is 12.0. The number of anilines is 1. The number of rotatable bonds is 9. The number of benzene rings is 2. The van der Waals surface area contributed by atoms with Gasteiger partial charge in [-0.3, -0.25) is 9.29 Å². The van der Waals surface area contributed by atoms with Gasteiger partial charge in [-0.15, -0.1) is 0 Å². The predicted octanol–water partition coefficient (Wildman–Crippen LogP) is 5.02. The summed E-state index contributed by atoms with van der Waals surface area (Å²) in [4.78, 5) is 0.154. The third kappa shape index (κ3) is 5.66. The normalized spacial score (nSPS) is 12.1. The van der Waals surface area contributed by atoms with Crippen LogP contribution in [0.1, 0.15) is 19.4 Å². The van der Waals surface area contributed by atoms with Gasteiger partial charge in [0.25, 0.3) is 10.0 Å². The van der Waals surface area contributed by atoms with Gasteiger partial charge < -0.3 is 9.05 Å². The van der Waals surface area contributed by atoms with Crippen molar-refractivity contribution in [3.05, 3.63) is 58.6 Å². The van der Waals surface area contributed by atoms with Crippen LogP contribution in [0.25, 0.3) is 0 Å². The lowest BCUT2D eigenvalue weighted by atomic mass is 10.2. The molecule has 0 radical (unpaired) electrons. The summed E-state index contributed by atoms with van der Waals surface area (Å²) in [5, 5.41) is 0. The van der Waals surface area contributed by atoms with Crippen molar-refractivity contribution < 1.29 is 22.0 Å². The zero-order chi connectivity index (χ0) is 19.2. The predicted molar refractivity (Wildman–Crippen MR) is 106 cm³/mol. The summed E-state index contributed by atoms with van der Waals surface area (Å²) in [5.41, 5.74) is 1.14. The highest BCUT2D eigenvalue weighted by atomic mass is 79.9. The van der Waals surface area contributed by atoms with Gasteiger partial charge in [-0.05, 0) is 59.6 Å². The molecule has 2 aromatic rings. The Bertz CT molecular complexity index is 876. The summed E-state index contributed by atoms with van der Waals surface area (Å²) >= 11 is 3.24. The van der Waals surface area contributed by atoms with Crippen molar-refractivity contribution in [3.63, 3.8) is 0 Å². The summed E-state index contributed by atoms with van der Waals surface area (Å²) in [6.07, 6.45) is 0.131. The minimum Gasteiger partial charge on any atom is -0.309 e. The highest BCUT2D eigenvalue weighted by molar-refractivity contribution is 9.10. The fourth-order valence-electron chi connectivity index (χ4n) is 2.30. The van der Waals surface area contributed by atoms with Gasteiger partial charge in [-0.25, -0.2) is 8.42 Å². The van der Waals surface area contributed by atoms with Crippen molar-refractivity contribution in [2.45, 2.75) is 24.9 Å². The van der Waals surface area contributed by atoms with Crippen molar-refractivity contribution in [1.29, 1.82) is 0 Å². The zero-order valence-corrected chi connectivity index (χ0v) is 17.8. The second kappa shape index (κ2) is 9.15. The van der Waals surface area contributed by atoms with Crippen LogP contribution in [0.2, 0.25) is 0 Å². The Morgan fingerprint density at radius 2 is 1.58 bits per heavy atom. The SMILES string of the molecule is CCOP(=O)(Cc1ccc(NS(=O)(=O)c2ccccc2Br)cc1)OCC. The Balaban J connectivity index is 2.15. The maximum atomic E-state index is 12.6. The number of halogens is 1. The molecule has 0 atom stereocenters. The first-order valence-electron chi connectivity index (χ1n) is 8.04. The summed E-state index contributed by atoms with van der Waals surface area (Å²) in [6.45, 7) is 4.10. The molecular formula is C17H21BrNO5PS. The van der Waals surface area contributed by atoms with Crippen molar-refractivity contribution in [2.24, 2.45) is 0 Å². The number of hydrogen-bond donors (Lipinski definition) is 1. The third-order valence-corrected chi connectivity index (χ3v) is 7.81. The molecule has 0 heterocycles. The number of hydrogen-bond acceptors (Lipinski definition) is 5. The third-order valence-electron chi connectivity index (χ3n) is 3.36. The average molecular weight is 462 g/mol. The molecule has 0 amide bonds. The maximum absolute atomic E-state index is 12.6. The number of nitrogens with one attached hydrogen (secondary N) is 1. The van der Waals surface area contributed by atoms with Gasteiger partial charge in [0.15, 0.2) is 0 Å². The second-order valence-electron chi connectivity index (χ2n) is 5.34. The van der Waals surface area contributed by atoms with E-state index in [1.807, 2.05) is 0 Å². The molecule has 0 saturated carbocycles. The van der Waals surface area contributed by atoms with Crippen LogP contribution in [0.5, 0.6) is 0 Å². The van der Waals surface area contributed by atoms with Crippen LogP contribution >= 0.6 is 23.5 Å². The molecule has 0 fully saturated rings. The maximum Gasteiger partial charge on any atom is 0.335 e. The molecule has 142 valence electrons. The first-order chi connectivity index (χ1) is 12.3. The lowest BCUT2D eigenvalue weighted by Gasteiger charge is -2.17. The Morgan fingerprint density at radius 3 is 2.12 bits per heavy atom. The Hall–Kier alpha value is -1.18. The molecule has 9 heteroatoms. The summed E-state index contributed by atoms with van der Waals surface area (Å²) < 4.78 is 51.1. The van der Waals surface area contributed by atoms with E-state index < -0.39 is 17.6 Å². The van der Waals surface area contributed by atoms with Crippen molar-refractivity contribution in [3.8, 4) is 0 Å². The molecule has 0 spiro atoms. The van der Waals surface area contributed by atoms with Gasteiger partial charge in [0.2, 0.25) is 0 Å². The van der Waals surface area contributed by atoms with Crippen molar-refractivity contribution in [2.75, 3.05) is 17.9 Å². The van der Waals surface area contributed by atoms with Gasteiger partial charge in [-0.1, -0.05) is 24.3 Å². The minimum atomic E-state index is -3.71. The summed E-state index contributed by atoms with van der Waals surface area (Å²) in [6, 6.07) is 13.2. The van der Waals surface area contributed by atoms with E-state index in [4.69, 9.17) is 9.05 Å². The summed E-state index contributed by atoms with van der Waals surface area (Å²) in [5.74, 6) is 0. The highest BCUT2D eigenvalue weighted by Crippen LogP contribution is 2.51. The molecule has 0 aliphatic heterocycles. The van der Waals surface area contributed by atoms with Crippen LogP contribution < -0.4 is 4.72 Å². The molecule has 0 aliphatic carbocycles. The topological polar surface area (TPSA) is 81.7 Å². The highest BCUT2D eigenvalue weighted by Gasteiger charge is 2.24. The van der Waals surface area contributed by atoms with Gasteiger partial charge in [0, 0.05) is 10.2 Å². The van der Waals surface area contributed by atoms with Gasteiger partial charge in [0.05, 0.1) is 19.4 Å². The zero-order valence-electron chi connectivity index (χ0n) is 14.5. The van der Waals surface area contributed by atoms with Gasteiger partial charge in [0.1, 0.15) is 4.90 Å². The van der Waals surface area contributed by atoms with Crippen LogP contribution in [-0.2, 0) is 29.8 Å². The molecule has 2 rings (SSSR count). The molecule has 0 saturated heterocycles. The van der Waals surface area contributed by atoms with E-state index in [9.17, 15) is 13.0 Å². The Labute approximate surface area is 162 Å². The molecule has 26 heavy (non-hydrogen) atoms. The fourth-order valence-corrected chi connectivity index (χ4v) is 6.06. The lowest BCUT2D eigenvalue weighted by Crippen LogP contribution is -2.13. The van der Waals surface area contributed by atoms with Crippen LogP contribution in [-0.4, -0.2) is 21.6 Å². The van der Waals surface area contributed by atoms with E-state index in [-0.39, 0.29) is 11.1 Å². The molecule has 0 unspecified atom stereocenters. The molecule has 6 nitrogen and oxygen atoms in total. The largest absolute Gasteiger partial charge is 0.335 e. The van der Waals surface area contributed by atoms with E-state index in [1.165, 1.54) is 6.07 Å². The fraction of sp³-hybridized carbons (Fsp3) is 0.294. The molecule has 1 N–H and O–H groups in total. The van der Waals surface area contributed by atoms with E-state index in [1.54, 1.807) is 56.3 Å². The van der Waals surface area contributed by atoms with Crippen molar-refractivity contribution >= 4 is 39.2 Å². The lowest BCUT2D eigenvalue weighted by molar-refractivity contribution is 0.219. The van der Waals surface area contributed by atoms with Crippen LogP contribution in [0.4, 0.5) is 5.69 Å². The number of sulfonamides is 1. The quantitative estimate of drug-likeness (QED) is 0.530. The van der Waals surface area contributed by atoms with Crippen LogP contribution in [0.15, 0.2) is 57.9 Å². The summed E-state index contributed by atoms with van der Waals surface area (Å²) in [7, 11) is -6.91. The molecule has 2 aromatic carbocycles. The molecule has 0 aromatic heterocycles. The van der Waals surface area contributed by atoms with E-state index >= 15 is 0 Å². The molecular weight excluding hydrogens is 441 g/mol. The molecule has 0 aliphatic rings. The van der Waals surface area contributed by atoms with Crippen LogP contribution in [0, 0.1) is 0 Å². The van der Waals surface area contributed by atoms with Gasteiger partial charge >= 0.3 is 7.60 Å². The van der Waals surface area contributed by atoms with Gasteiger partial charge in [-0.2, -0.15) is 0 Å². The Morgan fingerprint density at radius 1 is 1.00 bits per heavy atom. The monoisotopic (exact) mass is 461 g/mol.